The highest BCUT2D eigenvalue weighted by atomic mass is 32.2. The van der Waals surface area contributed by atoms with Gasteiger partial charge < -0.3 is 9.84 Å². The normalized spacial score (nSPS) is 11.2. The predicted molar refractivity (Wildman–Crippen MR) is 126 cm³/mol. The topological polar surface area (TPSA) is 76.6 Å². The molecular weight excluding hydrogens is 422 g/mol. The van der Waals surface area contributed by atoms with Gasteiger partial charge in [0.25, 0.3) is 11.5 Å². The number of nitrogens with one attached hydrogen (secondary N) is 1. The highest BCUT2D eigenvalue weighted by Gasteiger charge is 2.11. The zero-order chi connectivity index (χ0) is 22.1. The highest BCUT2D eigenvalue weighted by molar-refractivity contribution is 7.98. The van der Waals surface area contributed by atoms with Crippen LogP contribution in [0.1, 0.15) is 21.8 Å². The van der Waals surface area contributed by atoms with Crippen molar-refractivity contribution in [2.75, 3.05) is 5.32 Å². The molecule has 0 radical (unpaired) electrons. The molecule has 0 bridgehead atoms. The minimum Gasteiger partial charge on any atom is -0.375 e. The van der Waals surface area contributed by atoms with E-state index in [0.717, 1.165) is 21.4 Å². The number of aromatic nitrogens is 2. The number of nitrogens with zero attached hydrogens (tertiary/aromatic N) is 2. The fourth-order valence-electron chi connectivity index (χ4n) is 3.56. The summed E-state index contributed by atoms with van der Waals surface area (Å²) in [5.74, 6) is 1.05. The van der Waals surface area contributed by atoms with E-state index in [-0.39, 0.29) is 11.5 Å². The van der Waals surface area contributed by atoms with Crippen molar-refractivity contribution < 1.29 is 9.32 Å². The van der Waals surface area contributed by atoms with Gasteiger partial charge in [0, 0.05) is 34.0 Å². The second kappa shape index (κ2) is 8.36. The molecule has 0 spiro atoms. The van der Waals surface area contributed by atoms with E-state index in [1.165, 1.54) is 10.6 Å². The maximum Gasteiger partial charge on any atom is 0.287 e. The van der Waals surface area contributed by atoms with Gasteiger partial charge in [-0.25, -0.2) is 4.98 Å². The number of carbonyl (C=O) groups excluding carboxylic acids is 1. The summed E-state index contributed by atoms with van der Waals surface area (Å²) in [6.07, 6.45) is 0. The number of hydrogen-bond donors (Lipinski definition) is 1. The largest absolute Gasteiger partial charge is 0.375 e. The lowest BCUT2D eigenvalue weighted by Gasteiger charge is -2.09. The first kappa shape index (κ1) is 20.1. The molecule has 0 aliphatic heterocycles. The van der Waals surface area contributed by atoms with E-state index in [1.807, 2.05) is 66.7 Å². The molecule has 0 fully saturated rings. The maximum absolute atomic E-state index is 12.8. The number of rotatable bonds is 5. The molecule has 7 heteroatoms. The third-order valence-electron chi connectivity index (χ3n) is 5.06. The van der Waals surface area contributed by atoms with Crippen LogP contribution in [-0.2, 0) is 5.75 Å². The van der Waals surface area contributed by atoms with Crippen LogP contribution in [0.4, 0.5) is 5.69 Å². The molecule has 2 heterocycles. The summed E-state index contributed by atoms with van der Waals surface area (Å²) in [5, 5.41) is 4.92. The van der Waals surface area contributed by atoms with E-state index in [0.29, 0.717) is 28.4 Å². The Hall–Kier alpha value is -3.84. The minimum absolute atomic E-state index is 0.143. The van der Waals surface area contributed by atoms with Crippen molar-refractivity contribution in [3.8, 4) is 0 Å². The molecule has 1 N–H and O–H groups in total. The SMILES string of the molecule is Cc1cc2nc(CSc3ccc(NC(=O)c4cccc5ccccc45)cc3)cc(=O)n2o1. The third-order valence-corrected chi connectivity index (χ3v) is 6.10. The Bertz CT molecular complexity index is 1500. The first-order valence-corrected chi connectivity index (χ1v) is 11.1. The van der Waals surface area contributed by atoms with Crippen LogP contribution in [0, 0.1) is 6.92 Å². The van der Waals surface area contributed by atoms with Crippen molar-refractivity contribution in [1.29, 1.82) is 0 Å². The van der Waals surface area contributed by atoms with Gasteiger partial charge in [-0.3, -0.25) is 9.59 Å². The molecule has 32 heavy (non-hydrogen) atoms. The molecule has 5 rings (SSSR count). The molecule has 2 aromatic heterocycles. The Labute approximate surface area is 187 Å². The molecule has 3 aromatic carbocycles. The summed E-state index contributed by atoms with van der Waals surface area (Å²) in [7, 11) is 0. The lowest BCUT2D eigenvalue weighted by molar-refractivity contribution is 0.102. The van der Waals surface area contributed by atoms with Gasteiger partial charge in [0.05, 0.1) is 5.69 Å². The standard InChI is InChI=1S/C25H19N3O3S/c1-16-13-23-26-19(14-24(29)28(23)31-16)15-32-20-11-9-18(10-12-20)27-25(30)22-8-4-6-17-5-2-3-7-21(17)22/h2-14H,15H2,1H3,(H,27,30). The lowest BCUT2D eigenvalue weighted by Crippen LogP contribution is -2.12. The van der Waals surface area contributed by atoms with Gasteiger partial charge in [-0.2, -0.15) is 0 Å². The van der Waals surface area contributed by atoms with Gasteiger partial charge in [0.15, 0.2) is 5.65 Å². The van der Waals surface area contributed by atoms with Crippen molar-refractivity contribution in [2.24, 2.45) is 0 Å². The lowest BCUT2D eigenvalue weighted by atomic mass is 10.0. The van der Waals surface area contributed by atoms with Crippen LogP contribution >= 0.6 is 11.8 Å². The van der Waals surface area contributed by atoms with Crippen LogP contribution in [0.15, 0.2) is 93.1 Å². The molecule has 0 saturated heterocycles. The Morgan fingerprint density at radius 3 is 2.66 bits per heavy atom. The average molecular weight is 442 g/mol. The second-order valence-electron chi connectivity index (χ2n) is 7.38. The molecule has 0 saturated carbocycles. The Balaban J connectivity index is 1.27. The molecular formula is C25H19N3O3S. The van der Waals surface area contributed by atoms with Crippen LogP contribution in [0.2, 0.25) is 0 Å². The molecule has 0 aliphatic rings. The van der Waals surface area contributed by atoms with E-state index in [4.69, 9.17) is 4.52 Å². The molecule has 1 amide bonds. The van der Waals surface area contributed by atoms with Crippen molar-refractivity contribution in [1.82, 2.24) is 9.56 Å². The second-order valence-corrected chi connectivity index (χ2v) is 8.43. The summed E-state index contributed by atoms with van der Waals surface area (Å²) in [5.41, 5.74) is 2.33. The summed E-state index contributed by atoms with van der Waals surface area (Å²) in [4.78, 5) is 30.4. The summed E-state index contributed by atoms with van der Waals surface area (Å²) < 4.78 is 6.51. The quantitative estimate of drug-likeness (QED) is 0.375. The smallest absolute Gasteiger partial charge is 0.287 e. The van der Waals surface area contributed by atoms with E-state index in [9.17, 15) is 9.59 Å². The van der Waals surface area contributed by atoms with E-state index in [1.54, 1.807) is 24.8 Å². The maximum atomic E-state index is 12.8. The molecule has 0 aliphatic carbocycles. The average Bonchev–Trinajstić information content (AvgIpc) is 3.19. The third kappa shape index (κ3) is 4.02. The molecule has 0 unspecified atom stereocenters. The number of carbonyl (C=O) groups is 1. The fraction of sp³-hybridized carbons (Fsp3) is 0.0800. The fourth-order valence-corrected chi connectivity index (χ4v) is 4.35. The van der Waals surface area contributed by atoms with Gasteiger partial charge in [-0.15, -0.1) is 16.3 Å². The number of hydrogen-bond acceptors (Lipinski definition) is 5. The van der Waals surface area contributed by atoms with Crippen molar-refractivity contribution >= 4 is 39.8 Å². The number of aryl methyl sites for hydroxylation is 1. The van der Waals surface area contributed by atoms with Gasteiger partial charge in [0.2, 0.25) is 0 Å². The Morgan fingerprint density at radius 2 is 1.81 bits per heavy atom. The Morgan fingerprint density at radius 1 is 1.03 bits per heavy atom. The summed E-state index contributed by atoms with van der Waals surface area (Å²) in [6, 6.07) is 24.4. The Kier molecular flexibility index (Phi) is 5.25. The van der Waals surface area contributed by atoms with Gasteiger partial charge in [0.1, 0.15) is 5.76 Å². The van der Waals surface area contributed by atoms with Gasteiger partial charge in [-0.1, -0.05) is 36.4 Å². The number of thioether (sulfide) groups is 1. The molecule has 0 atom stereocenters. The number of amides is 1. The van der Waals surface area contributed by atoms with E-state index < -0.39 is 0 Å². The molecule has 6 nitrogen and oxygen atoms in total. The van der Waals surface area contributed by atoms with Crippen molar-refractivity contribution in [3.05, 3.63) is 106 Å². The van der Waals surface area contributed by atoms with E-state index >= 15 is 0 Å². The van der Waals surface area contributed by atoms with Gasteiger partial charge >= 0.3 is 0 Å². The zero-order valence-corrected chi connectivity index (χ0v) is 18.1. The van der Waals surface area contributed by atoms with Crippen molar-refractivity contribution in [3.63, 3.8) is 0 Å². The molecule has 158 valence electrons. The van der Waals surface area contributed by atoms with E-state index in [2.05, 4.69) is 10.3 Å². The summed E-state index contributed by atoms with van der Waals surface area (Å²) >= 11 is 1.57. The number of benzene rings is 3. The monoisotopic (exact) mass is 441 g/mol. The zero-order valence-electron chi connectivity index (χ0n) is 17.2. The van der Waals surface area contributed by atoms with Gasteiger partial charge in [-0.05, 0) is 48.0 Å². The first-order chi connectivity index (χ1) is 15.6. The number of anilines is 1. The first-order valence-electron chi connectivity index (χ1n) is 10.1. The van der Waals surface area contributed by atoms with Crippen LogP contribution in [0.3, 0.4) is 0 Å². The van der Waals surface area contributed by atoms with Crippen LogP contribution in [-0.4, -0.2) is 15.5 Å². The molecule has 5 aromatic rings. The van der Waals surface area contributed by atoms with Crippen LogP contribution in [0.25, 0.3) is 16.4 Å². The predicted octanol–water partition coefficient (Wildman–Crippen LogP) is 5.29. The van der Waals surface area contributed by atoms with Crippen LogP contribution in [0.5, 0.6) is 0 Å². The number of fused-ring (bicyclic) bond motifs is 2. The van der Waals surface area contributed by atoms with Crippen molar-refractivity contribution in [2.45, 2.75) is 17.6 Å². The summed E-state index contributed by atoms with van der Waals surface area (Å²) in [6.45, 7) is 1.78. The highest BCUT2D eigenvalue weighted by Crippen LogP contribution is 2.25. The minimum atomic E-state index is -0.231. The van der Waals surface area contributed by atoms with Crippen LogP contribution < -0.4 is 10.9 Å².